The zero-order valence-electron chi connectivity index (χ0n) is 13.4. The van der Waals surface area contributed by atoms with Crippen molar-refractivity contribution in [1.82, 2.24) is 0 Å². The minimum Gasteiger partial charge on any atom is -0.512 e. The summed E-state index contributed by atoms with van der Waals surface area (Å²) < 4.78 is 7.64. The first-order valence-electron chi connectivity index (χ1n) is 8.35. The highest BCUT2D eigenvalue weighted by molar-refractivity contribution is 9.11. The molecule has 0 bridgehead atoms. The fraction of sp³-hybridized carbons (Fsp3) is 0.368. The van der Waals surface area contributed by atoms with Crippen LogP contribution in [0.1, 0.15) is 50.0 Å². The number of fused-ring (bicyclic) bond motifs is 1. The van der Waals surface area contributed by atoms with Crippen LogP contribution in [0.25, 0.3) is 0 Å². The third-order valence-electron chi connectivity index (χ3n) is 4.99. The zero-order valence-corrected chi connectivity index (χ0v) is 16.6. The monoisotopic (exact) mass is 466 g/mol. The molecule has 0 fully saturated rings. The van der Waals surface area contributed by atoms with Gasteiger partial charge in [-0.1, -0.05) is 15.9 Å². The van der Waals surface area contributed by atoms with E-state index in [0.717, 1.165) is 20.9 Å². The summed E-state index contributed by atoms with van der Waals surface area (Å²) in [6.07, 6.45) is 3.38. The molecule has 0 saturated heterocycles. The maximum atomic E-state index is 12.7. The van der Waals surface area contributed by atoms with E-state index in [0.29, 0.717) is 54.8 Å². The molecule has 1 atom stereocenters. The van der Waals surface area contributed by atoms with Gasteiger partial charge < -0.3 is 9.84 Å². The van der Waals surface area contributed by atoms with Gasteiger partial charge >= 0.3 is 0 Å². The predicted molar refractivity (Wildman–Crippen MR) is 99.6 cm³/mol. The largest absolute Gasteiger partial charge is 0.512 e. The Bertz CT molecular complexity index is 866. The normalized spacial score (nSPS) is 23.4. The van der Waals surface area contributed by atoms with E-state index in [-0.39, 0.29) is 17.3 Å². The van der Waals surface area contributed by atoms with Gasteiger partial charge in [-0.25, -0.2) is 0 Å². The average molecular weight is 468 g/mol. The number of ketones is 2. The lowest BCUT2D eigenvalue weighted by Crippen LogP contribution is -2.29. The number of hydrogen-bond acceptors (Lipinski definition) is 4. The summed E-state index contributed by atoms with van der Waals surface area (Å²) in [7, 11) is 0. The number of carbonyl (C=O) groups is 2. The van der Waals surface area contributed by atoms with E-state index in [1.165, 1.54) is 0 Å². The Morgan fingerprint density at radius 1 is 0.960 bits per heavy atom. The average Bonchev–Trinajstić information content (AvgIpc) is 2.55. The van der Waals surface area contributed by atoms with Crippen molar-refractivity contribution in [2.45, 2.75) is 44.4 Å². The number of hydrogen-bond donors (Lipinski definition) is 1. The molecule has 4 rings (SSSR count). The van der Waals surface area contributed by atoms with Crippen LogP contribution >= 0.6 is 31.9 Å². The topological polar surface area (TPSA) is 63.6 Å². The maximum absolute atomic E-state index is 12.7. The molecule has 1 aliphatic heterocycles. The van der Waals surface area contributed by atoms with Gasteiger partial charge in [0.2, 0.25) is 0 Å². The molecule has 0 amide bonds. The first-order valence-corrected chi connectivity index (χ1v) is 9.94. The predicted octanol–water partition coefficient (Wildman–Crippen LogP) is 5.26. The van der Waals surface area contributed by atoms with Gasteiger partial charge in [-0.05, 0) is 40.9 Å². The van der Waals surface area contributed by atoms with Crippen LogP contribution in [-0.4, -0.2) is 16.7 Å². The first kappa shape index (κ1) is 17.0. The highest BCUT2D eigenvalue weighted by Gasteiger charge is 2.42. The first-order chi connectivity index (χ1) is 12.0. The molecule has 0 spiro atoms. The summed E-state index contributed by atoms with van der Waals surface area (Å²) >= 11 is 7.00. The standard InChI is InChI=1S/C19H16Br2O4/c20-9-7-10-16(17-12(22)3-1-4-13(17)23)18-14(24)5-2-6-15(18)25-19(10)11(21)8-9/h7-8,16,22H,1-6H2. The molecular formula is C19H16Br2O4. The number of halogens is 2. The van der Waals surface area contributed by atoms with Crippen LogP contribution in [0, 0.1) is 0 Å². The molecule has 1 aromatic carbocycles. The lowest BCUT2D eigenvalue weighted by molar-refractivity contribution is -0.117. The van der Waals surface area contributed by atoms with E-state index >= 15 is 0 Å². The van der Waals surface area contributed by atoms with Gasteiger partial charge in [0.15, 0.2) is 11.6 Å². The molecule has 1 N–H and O–H groups in total. The van der Waals surface area contributed by atoms with Crippen LogP contribution < -0.4 is 4.74 Å². The minimum absolute atomic E-state index is 0.00618. The van der Waals surface area contributed by atoms with Gasteiger partial charge in [0, 0.05) is 46.9 Å². The van der Waals surface area contributed by atoms with Crippen LogP contribution in [0.2, 0.25) is 0 Å². The van der Waals surface area contributed by atoms with Gasteiger partial charge in [-0.3, -0.25) is 9.59 Å². The number of Topliss-reactive ketones (excluding diaryl/α,β-unsaturated/α-hetero) is 2. The smallest absolute Gasteiger partial charge is 0.163 e. The zero-order chi connectivity index (χ0) is 17.7. The van der Waals surface area contributed by atoms with Crippen LogP contribution in [-0.2, 0) is 9.59 Å². The second kappa shape index (κ2) is 6.40. The van der Waals surface area contributed by atoms with Gasteiger partial charge in [0.05, 0.1) is 16.1 Å². The van der Waals surface area contributed by atoms with E-state index < -0.39 is 5.92 Å². The van der Waals surface area contributed by atoms with Crippen molar-refractivity contribution in [3.05, 3.63) is 49.3 Å². The van der Waals surface area contributed by atoms with E-state index in [1.54, 1.807) is 0 Å². The number of aliphatic hydroxyl groups excluding tert-OH is 1. The SMILES string of the molecule is O=C1CCCC(O)=C1C1C2=C(CCCC2=O)Oc2c(Br)cc(Br)cc21. The van der Waals surface area contributed by atoms with E-state index in [4.69, 9.17) is 4.74 Å². The summed E-state index contributed by atoms with van der Waals surface area (Å²) in [6, 6.07) is 3.75. The van der Waals surface area contributed by atoms with Crippen LogP contribution in [0.4, 0.5) is 0 Å². The summed E-state index contributed by atoms with van der Waals surface area (Å²) in [5.74, 6) is 0.744. The quantitative estimate of drug-likeness (QED) is 0.611. The number of aliphatic hydroxyl groups is 1. The third kappa shape index (κ3) is 2.79. The Labute approximate surface area is 162 Å². The van der Waals surface area contributed by atoms with Crippen molar-refractivity contribution in [3.8, 4) is 5.75 Å². The van der Waals surface area contributed by atoms with Crippen molar-refractivity contribution in [1.29, 1.82) is 0 Å². The van der Waals surface area contributed by atoms with Crippen molar-refractivity contribution in [2.24, 2.45) is 0 Å². The van der Waals surface area contributed by atoms with Crippen molar-refractivity contribution in [3.63, 3.8) is 0 Å². The Morgan fingerprint density at radius 2 is 1.64 bits per heavy atom. The lowest BCUT2D eigenvalue weighted by Gasteiger charge is -2.35. The molecule has 0 radical (unpaired) electrons. The second-order valence-corrected chi connectivity index (χ2v) is 8.36. The molecule has 1 unspecified atom stereocenters. The van der Waals surface area contributed by atoms with Gasteiger partial charge in [0.1, 0.15) is 11.5 Å². The number of benzene rings is 1. The van der Waals surface area contributed by atoms with Crippen LogP contribution in [0.15, 0.2) is 43.7 Å². The second-order valence-electron chi connectivity index (χ2n) is 6.59. The number of carbonyl (C=O) groups excluding carboxylic acids is 2. The van der Waals surface area contributed by atoms with E-state index in [9.17, 15) is 14.7 Å². The van der Waals surface area contributed by atoms with Crippen molar-refractivity contribution < 1.29 is 19.4 Å². The third-order valence-corrected chi connectivity index (χ3v) is 6.03. The molecule has 6 heteroatoms. The Kier molecular flexibility index (Phi) is 4.36. The Balaban J connectivity index is 2.00. The fourth-order valence-corrected chi connectivity index (χ4v) is 5.26. The van der Waals surface area contributed by atoms with Gasteiger partial charge in [-0.15, -0.1) is 0 Å². The molecule has 2 aliphatic carbocycles. The molecule has 0 saturated carbocycles. The molecular weight excluding hydrogens is 452 g/mol. The van der Waals surface area contributed by atoms with E-state index in [2.05, 4.69) is 31.9 Å². The highest BCUT2D eigenvalue weighted by atomic mass is 79.9. The van der Waals surface area contributed by atoms with Crippen LogP contribution in [0.3, 0.4) is 0 Å². The number of allylic oxidation sites excluding steroid dienone is 4. The number of rotatable bonds is 1. The summed E-state index contributed by atoms with van der Waals surface area (Å²) in [5, 5.41) is 10.5. The molecule has 0 aromatic heterocycles. The van der Waals surface area contributed by atoms with Crippen molar-refractivity contribution >= 4 is 43.4 Å². The lowest BCUT2D eigenvalue weighted by atomic mass is 9.73. The number of ether oxygens (including phenoxy) is 1. The molecule has 3 aliphatic rings. The molecule has 4 nitrogen and oxygen atoms in total. The maximum Gasteiger partial charge on any atom is 0.163 e. The molecule has 1 heterocycles. The summed E-state index contributed by atoms with van der Waals surface area (Å²) in [4.78, 5) is 25.3. The Morgan fingerprint density at radius 3 is 2.36 bits per heavy atom. The van der Waals surface area contributed by atoms with Gasteiger partial charge in [-0.2, -0.15) is 0 Å². The van der Waals surface area contributed by atoms with Crippen molar-refractivity contribution in [2.75, 3.05) is 0 Å². The Hall–Kier alpha value is -1.40. The molecule has 1 aromatic rings. The molecule has 25 heavy (non-hydrogen) atoms. The van der Waals surface area contributed by atoms with Crippen LogP contribution in [0.5, 0.6) is 5.75 Å². The summed E-state index contributed by atoms with van der Waals surface area (Å²) in [5.41, 5.74) is 1.65. The molecule has 130 valence electrons. The highest BCUT2D eigenvalue weighted by Crippen LogP contribution is 2.51. The summed E-state index contributed by atoms with van der Waals surface area (Å²) in [6.45, 7) is 0. The van der Waals surface area contributed by atoms with E-state index in [1.807, 2.05) is 12.1 Å². The van der Waals surface area contributed by atoms with Gasteiger partial charge in [0.25, 0.3) is 0 Å². The minimum atomic E-state index is -0.548. The fourth-order valence-electron chi connectivity index (χ4n) is 3.92.